The number of aromatic nitrogens is 5. The quantitative estimate of drug-likeness (QED) is 0.230. The molecule has 0 aliphatic carbocycles. The van der Waals surface area contributed by atoms with Crippen molar-refractivity contribution in [1.29, 1.82) is 0 Å². The van der Waals surface area contributed by atoms with Crippen molar-refractivity contribution in [3.8, 4) is 0 Å². The maximum Gasteiger partial charge on any atom is 0.362 e. The maximum absolute atomic E-state index is 12.6. The van der Waals surface area contributed by atoms with Crippen LogP contribution in [0.15, 0.2) is 41.6 Å². The van der Waals surface area contributed by atoms with Gasteiger partial charge in [0.1, 0.15) is 18.3 Å². The Kier molecular flexibility index (Phi) is 6.38. The van der Waals surface area contributed by atoms with Crippen molar-refractivity contribution in [2.45, 2.75) is 57.0 Å². The number of aromatic amines is 2. The van der Waals surface area contributed by atoms with E-state index in [0.717, 1.165) is 16.5 Å². The van der Waals surface area contributed by atoms with Crippen molar-refractivity contribution < 1.29 is 31.6 Å². The van der Waals surface area contributed by atoms with Crippen molar-refractivity contribution in [3.63, 3.8) is 0 Å². The zero-order chi connectivity index (χ0) is 28.2. The molecule has 5 heterocycles. The van der Waals surface area contributed by atoms with Crippen LogP contribution in [0.25, 0.3) is 22.1 Å². The fourth-order valence-electron chi connectivity index (χ4n) is 5.11. The van der Waals surface area contributed by atoms with E-state index in [1.54, 1.807) is 20.0 Å². The van der Waals surface area contributed by atoms with Crippen molar-refractivity contribution in [3.05, 3.63) is 52.7 Å². The summed E-state index contributed by atoms with van der Waals surface area (Å²) in [6, 6.07) is 7.62. The lowest BCUT2D eigenvalue weighted by Gasteiger charge is -2.24. The second-order valence-corrected chi connectivity index (χ2v) is 11.4. The number of carbonyl (C=O) groups is 1. The van der Waals surface area contributed by atoms with E-state index in [1.165, 1.54) is 10.9 Å². The van der Waals surface area contributed by atoms with Crippen LogP contribution in [-0.4, -0.2) is 69.5 Å². The summed E-state index contributed by atoms with van der Waals surface area (Å²) in [6.45, 7) is 2.95. The summed E-state index contributed by atoms with van der Waals surface area (Å²) in [5, 5.41) is 0.965. The highest BCUT2D eigenvalue weighted by Crippen LogP contribution is 2.43. The number of carbonyl (C=O) groups excluding carboxylic acids is 1. The van der Waals surface area contributed by atoms with Gasteiger partial charge in [-0.1, -0.05) is 18.2 Å². The number of nitrogen functional groups attached to an aromatic ring is 1. The number of hydrogen-bond donors (Lipinski definition) is 4. The van der Waals surface area contributed by atoms with Crippen LogP contribution in [0.2, 0.25) is 0 Å². The number of hydrogen-bond acceptors (Lipinski definition) is 11. The number of ether oxygens (including phenoxy) is 3. The number of imidazole rings is 1. The van der Waals surface area contributed by atoms with Crippen LogP contribution < -0.4 is 16.0 Å². The Morgan fingerprint density at radius 2 is 2.02 bits per heavy atom. The van der Waals surface area contributed by atoms with E-state index in [2.05, 4.69) is 19.9 Å². The van der Waals surface area contributed by atoms with Crippen LogP contribution in [0.5, 0.6) is 0 Å². The van der Waals surface area contributed by atoms with Crippen LogP contribution in [0, 0.1) is 0 Å². The minimum Gasteiger partial charge on any atom is -0.369 e. The van der Waals surface area contributed by atoms with E-state index >= 15 is 0 Å². The number of fused-ring (bicyclic) bond motifs is 3. The zero-order valence-corrected chi connectivity index (χ0v) is 22.3. The summed E-state index contributed by atoms with van der Waals surface area (Å²) in [4.78, 5) is 38.4. The Labute approximate surface area is 227 Å². The topological polar surface area (TPSA) is 206 Å². The first-order valence-electron chi connectivity index (χ1n) is 12.5. The van der Waals surface area contributed by atoms with Crippen LogP contribution in [-0.2, 0) is 39.9 Å². The van der Waals surface area contributed by atoms with Crippen molar-refractivity contribution >= 4 is 44.2 Å². The number of anilines is 1. The van der Waals surface area contributed by atoms with Crippen molar-refractivity contribution in [1.82, 2.24) is 29.2 Å². The van der Waals surface area contributed by atoms with Crippen molar-refractivity contribution in [2.24, 2.45) is 0 Å². The number of benzene rings is 1. The molecule has 4 atom stereocenters. The standard InChI is InChI=1S/C24H27N7O8S/c1-24(2)38-18-15(37-22(19(18)39-24)31-11-27-17-20(31)28-23(25)29-21(17)33)10-36-40(34,35)30-16(32)8-7-12-9-26-14-6-4-3-5-13(12)14/h3-6,9,11,15,18-19,22,26H,7-8,10H2,1-2H3,(H,30,32)(H3,25,28,29,33). The number of para-hydroxylation sites is 1. The molecule has 2 aliphatic rings. The Hall–Kier alpha value is -3.83. The fourth-order valence-corrected chi connectivity index (χ4v) is 5.86. The molecule has 0 spiro atoms. The van der Waals surface area contributed by atoms with Gasteiger partial charge in [-0.05, 0) is 31.9 Å². The van der Waals surface area contributed by atoms with Gasteiger partial charge < -0.3 is 24.9 Å². The molecule has 5 N–H and O–H groups in total. The maximum atomic E-state index is 12.6. The van der Waals surface area contributed by atoms with E-state index in [9.17, 15) is 18.0 Å². The van der Waals surface area contributed by atoms with E-state index in [4.69, 9.17) is 24.1 Å². The molecule has 6 rings (SSSR count). The summed E-state index contributed by atoms with van der Waals surface area (Å²) in [5.74, 6) is -1.83. The van der Waals surface area contributed by atoms with E-state index in [0.29, 0.717) is 6.42 Å². The van der Waals surface area contributed by atoms with Crippen LogP contribution in [0.1, 0.15) is 32.1 Å². The van der Waals surface area contributed by atoms with Gasteiger partial charge in [-0.3, -0.25) is 23.3 Å². The third-order valence-corrected chi connectivity index (χ3v) is 7.70. The molecule has 1 aromatic carbocycles. The Morgan fingerprint density at radius 1 is 1.25 bits per heavy atom. The van der Waals surface area contributed by atoms with Gasteiger partial charge in [0, 0.05) is 23.5 Å². The average Bonchev–Trinajstić information content (AvgIpc) is 3.63. The number of nitrogens with zero attached hydrogens (tertiary/aromatic N) is 3. The van der Waals surface area contributed by atoms with Crippen molar-refractivity contribution in [2.75, 3.05) is 12.3 Å². The molecule has 40 heavy (non-hydrogen) atoms. The van der Waals surface area contributed by atoms with E-state index < -0.39 is 58.7 Å². The monoisotopic (exact) mass is 573 g/mol. The minimum atomic E-state index is -4.45. The molecule has 2 saturated heterocycles. The Balaban J connectivity index is 1.13. The highest BCUT2D eigenvalue weighted by molar-refractivity contribution is 7.85. The molecule has 2 aliphatic heterocycles. The second-order valence-electron chi connectivity index (χ2n) is 10.0. The number of nitrogens with one attached hydrogen (secondary N) is 3. The zero-order valence-electron chi connectivity index (χ0n) is 21.5. The molecule has 4 unspecified atom stereocenters. The Morgan fingerprint density at radius 3 is 2.85 bits per heavy atom. The van der Waals surface area contributed by atoms with Crippen LogP contribution in [0.4, 0.5) is 5.95 Å². The molecule has 0 radical (unpaired) electrons. The predicted octanol–water partition coefficient (Wildman–Crippen LogP) is 0.611. The first-order chi connectivity index (χ1) is 19.0. The van der Waals surface area contributed by atoms with E-state index in [-0.39, 0.29) is 23.5 Å². The number of amides is 1. The summed E-state index contributed by atoms with van der Waals surface area (Å²) < 4.78 is 51.8. The SMILES string of the molecule is CC1(C)OC2C(COS(=O)(=O)NC(=O)CCc3c[nH]c4ccccc34)OC(n3cnc4c(=O)[nH]c(N)nc43)C2O1. The normalized spacial score (nSPS) is 24.1. The predicted molar refractivity (Wildman–Crippen MR) is 140 cm³/mol. The molecule has 2 fully saturated rings. The molecule has 0 bridgehead atoms. The first-order valence-corrected chi connectivity index (χ1v) is 13.9. The van der Waals surface area contributed by atoms with Gasteiger partial charge in [-0.25, -0.2) is 9.71 Å². The van der Waals surface area contributed by atoms with Gasteiger partial charge in [0.25, 0.3) is 5.56 Å². The minimum absolute atomic E-state index is 0.0464. The van der Waals surface area contributed by atoms with E-state index in [1.807, 2.05) is 29.0 Å². The number of H-pyrrole nitrogens is 2. The van der Waals surface area contributed by atoms with Gasteiger partial charge in [-0.15, -0.1) is 0 Å². The van der Waals surface area contributed by atoms with Crippen LogP contribution in [0.3, 0.4) is 0 Å². The average molecular weight is 574 g/mol. The van der Waals surface area contributed by atoms with Gasteiger partial charge in [-0.2, -0.15) is 13.4 Å². The molecule has 16 heteroatoms. The molecule has 1 amide bonds. The van der Waals surface area contributed by atoms with Gasteiger partial charge in [0.05, 0.1) is 12.9 Å². The molecule has 212 valence electrons. The highest BCUT2D eigenvalue weighted by Gasteiger charge is 2.56. The van der Waals surface area contributed by atoms with Gasteiger partial charge in [0.2, 0.25) is 11.9 Å². The lowest BCUT2D eigenvalue weighted by atomic mass is 10.1. The molecule has 4 aromatic rings. The molecule has 0 saturated carbocycles. The molecule has 3 aromatic heterocycles. The third kappa shape index (κ3) is 4.95. The lowest BCUT2D eigenvalue weighted by molar-refractivity contribution is -0.198. The summed E-state index contributed by atoms with van der Waals surface area (Å²) in [6.07, 6.45) is 0.188. The lowest BCUT2D eigenvalue weighted by Crippen LogP contribution is -2.37. The van der Waals surface area contributed by atoms with Gasteiger partial charge in [0.15, 0.2) is 23.2 Å². The number of nitrogens with two attached hydrogens (primary N) is 1. The second kappa shape index (κ2) is 9.67. The molecular weight excluding hydrogens is 546 g/mol. The summed E-state index contributed by atoms with van der Waals surface area (Å²) in [7, 11) is -4.45. The summed E-state index contributed by atoms with van der Waals surface area (Å²) in [5.41, 5.74) is 7.22. The smallest absolute Gasteiger partial charge is 0.362 e. The molecule has 15 nitrogen and oxygen atoms in total. The number of aryl methyl sites for hydroxylation is 1. The molecular formula is C24H27N7O8S. The number of rotatable bonds is 8. The third-order valence-electron chi connectivity index (χ3n) is 6.77. The fraction of sp³-hybridized carbons (Fsp3) is 0.417. The highest BCUT2D eigenvalue weighted by atomic mass is 32.2. The largest absolute Gasteiger partial charge is 0.369 e. The Bertz CT molecular complexity index is 1760. The van der Waals surface area contributed by atoms with Gasteiger partial charge >= 0.3 is 10.3 Å². The first kappa shape index (κ1) is 26.4. The van der Waals surface area contributed by atoms with Crippen LogP contribution >= 0.6 is 0 Å². The summed E-state index contributed by atoms with van der Waals surface area (Å²) >= 11 is 0.